The van der Waals surface area contributed by atoms with Crippen LogP contribution >= 0.6 is 0 Å². The van der Waals surface area contributed by atoms with Gasteiger partial charge in [0.05, 0.1) is 51.0 Å². The lowest BCUT2D eigenvalue weighted by Crippen LogP contribution is -1.99. The van der Waals surface area contributed by atoms with Crippen LogP contribution in [0.25, 0.3) is 77.2 Å². The van der Waals surface area contributed by atoms with Crippen LogP contribution in [0.15, 0.2) is 158 Å². The molecule has 0 saturated carbocycles. The van der Waals surface area contributed by atoms with Crippen LogP contribution in [0.3, 0.4) is 0 Å². The topological polar surface area (TPSA) is 57.4 Å². The molecule has 48 heavy (non-hydrogen) atoms. The van der Waals surface area contributed by atoms with Gasteiger partial charge in [-0.3, -0.25) is 0 Å². The molecule has 0 fully saturated rings. The van der Waals surface area contributed by atoms with Crippen LogP contribution in [0.5, 0.6) is 0 Å². The molecule has 0 atom stereocenters. The van der Waals surface area contributed by atoms with Crippen molar-refractivity contribution in [1.82, 2.24) is 9.13 Å². The van der Waals surface area contributed by atoms with Gasteiger partial charge >= 0.3 is 0 Å². The minimum Gasteiger partial charge on any atom is -0.309 e. The van der Waals surface area contributed by atoms with Gasteiger partial charge in [-0.1, -0.05) is 97.1 Å². The van der Waals surface area contributed by atoms with E-state index in [0.717, 1.165) is 66.5 Å². The van der Waals surface area contributed by atoms with Crippen LogP contribution in [0.1, 0.15) is 11.1 Å². The summed E-state index contributed by atoms with van der Waals surface area (Å²) in [6, 6.07) is 59.0. The standard InChI is InChI=1S/C44H26N4/c45-27-29-18-24-43(48-41-15-7-4-11-35(41)36-12-5-8-16-42(36)48)39(25-29)34-10-2-1-9-33(34)31-19-21-32(22-20-31)47-40-14-6-3-13-37(40)38-23-17-30(28-46)26-44(38)47/h1-26H. The molecule has 0 aliphatic heterocycles. The van der Waals surface area contributed by atoms with Crippen LogP contribution in [-0.2, 0) is 0 Å². The largest absolute Gasteiger partial charge is 0.309 e. The van der Waals surface area contributed by atoms with Crippen molar-refractivity contribution in [3.63, 3.8) is 0 Å². The lowest BCUT2D eigenvalue weighted by molar-refractivity contribution is 1.18. The number of hydrogen-bond acceptors (Lipinski definition) is 2. The summed E-state index contributed by atoms with van der Waals surface area (Å²) in [5.41, 5.74) is 11.8. The lowest BCUT2D eigenvalue weighted by Gasteiger charge is -2.18. The van der Waals surface area contributed by atoms with E-state index in [1.54, 1.807) is 0 Å². The maximum absolute atomic E-state index is 9.99. The zero-order chi connectivity index (χ0) is 32.2. The smallest absolute Gasteiger partial charge is 0.0992 e. The Morgan fingerprint density at radius 3 is 1.50 bits per heavy atom. The van der Waals surface area contributed by atoms with Crippen molar-refractivity contribution in [2.45, 2.75) is 0 Å². The number of hydrogen-bond donors (Lipinski definition) is 0. The van der Waals surface area contributed by atoms with Crippen LogP contribution < -0.4 is 0 Å². The zero-order valence-corrected chi connectivity index (χ0v) is 25.8. The van der Waals surface area contributed by atoms with Gasteiger partial charge in [0.15, 0.2) is 0 Å². The van der Waals surface area contributed by atoms with Crippen LogP contribution in [0.2, 0.25) is 0 Å². The summed E-state index contributed by atoms with van der Waals surface area (Å²) in [4.78, 5) is 0. The highest BCUT2D eigenvalue weighted by Gasteiger charge is 2.19. The maximum atomic E-state index is 9.99. The van der Waals surface area contributed by atoms with Gasteiger partial charge in [0.2, 0.25) is 0 Å². The molecule has 4 heteroatoms. The summed E-state index contributed by atoms with van der Waals surface area (Å²) in [5, 5.41) is 24.3. The molecule has 0 amide bonds. The van der Waals surface area contributed by atoms with Crippen molar-refractivity contribution < 1.29 is 0 Å². The number of para-hydroxylation sites is 3. The molecule has 0 aliphatic rings. The van der Waals surface area contributed by atoms with E-state index in [9.17, 15) is 10.5 Å². The van der Waals surface area contributed by atoms with Gasteiger partial charge in [-0.25, -0.2) is 0 Å². The molecule has 2 heterocycles. The number of benzene rings is 7. The summed E-state index contributed by atoms with van der Waals surface area (Å²) in [7, 11) is 0. The van der Waals surface area contributed by atoms with E-state index in [0.29, 0.717) is 11.1 Å². The summed E-state index contributed by atoms with van der Waals surface area (Å²) in [6.45, 7) is 0. The highest BCUT2D eigenvalue weighted by atomic mass is 15.0. The van der Waals surface area contributed by atoms with Gasteiger partial charge in [0.25, 0.3) is 0 Å². The second-order valence-corrected chi connectivity index (χ2v) is 12.0. The second kappa shape index (κ2) is 10.9. The van der Waals surface area contributed by atoms with Crippen molar-refractivity contribution >= 4 is 43.6 Å². The summed E-state index contributed by atoms with van der Waals surface area (Å²) < 4.78 is 4.55. The maximum Gasteiger partial charge on any atom is 0.0992 e. The van der Waals surface area contributed by atoms with Crippen molar-refractivity contribution in [2.75, 3.05) is 0 Å². The van der Waals surface area contributed by atoms with Crippen molar-refractivity contribution in [2.24, 2.45) is 0 Å². The first-order chi connectivity index (χ1) is 23.7. The Morgan fingerprint density at radius 2 is 0.875 bits per heavy atom. The van der Waals surface area contributed by atoms with Gasteiger partial charge in [0, 0.05) is 32.8 Å². The summed E-state index contributed by atoms with van der Waals surface area (Å²) in [6.07, 6.45) is 0. The average molecular weight is 611 g/mol. The Hall–Kier alpha value is -6.88. The van der Waals surface area contributed by atoms with E-state index in [1.165, 1.54) is 10.8 Å². The fraction of sp³-hybridized carbons (Fsp3) is 0. The first kappa shape index (κ1) is 27.4. The Labute approximate surface area is 277 Å². The van der Waals surface area contributed by atoms with Crippen molar-refractivity contribution in [3.8, 4) is 45.8 Å². The Morgan fingerprint density at radius 1 is 0.375 bits per heavy atom. The normalized spacial score (nSPS) is 11.3. The number of rotatable bonds is 4. The first-order valence-corrected chi connectivity index (χ1v) is 15.9. The predicted molar refractivity (Wildman–Crippen MR) is 195 cm³/mol. The molecule has 4 nitrogen and oxygen atoms in total. The minimum atomic E-state index is 0.614. The van der Waals surface area contributed by atoms with E-state index in [-0.39, 0.29) is 0 Å². The predicted octanol–water partition coefficient (Wildman–Crippen LogP) is 11.0. The molecule has 7 aromatic carbocycles. The number of aromatic nitrogens is 2. The number of nitrogens with zero attached hydrogens (tertiary/aromatic N) is 4. The zero-order valence-electron chi connectivity index (χ0n) is 25.8. The highest BCUT2D eigenvalue weighted by molar-refractivity contribution is 6.11. The summed E-state index contributed by atoms with van der Waals surface area (Å²) >= 11 is 0. The Bertz CT molecular complexity index is 2750. The van der Waals surface area contributed by atoms with Gasteiger partial charge in [-0.2, -0.15) is 10.5 Å². The molecule has 0 radical (unpaired) electrons. The molecule has 0 saturated heterocycles. The monoisotopic (exact) mass is 610 g/mol. The highest BCUT2D eigenvalue weighted by Crippen LogP contribution is 2.40. The minimum absolute atomic E-state index is 0.614. The third-order valence-electron chi connectivity index (χ3n) is 9.40. The molecular weight excluding hydrogens is 585 g/mol. The van der Waals surface area contributed by atoms with Gasteiger partial charge in [-0.05, 0) is 77.4 Å². The third-order valence-corrected chi connectivity index (χ3v) is 9.40. The molecule has 0 aliphatic carbocycles. The van der Waals surface area contributed by atoms with Crippen LogP contribution in [0, 0.1) is 22.7 Å². The molecule has 222 valence electrons. The van der Waals surface area contributed by atoms with Gasteiger partial charge in [-0.15, -0.1) is 0 Å². The number of nitriles is 2. The first-order valence-electron chi connectivity index (χ1n) is 15.9. The quantitative estimate of drug-likeness (QED) is 0.199. The molecule has 9 aromatic rings. The van der Waals surface area contributed by atoms with E-state index in [1.807, 2.05) is 30.3 Å². The SMILES string of the molecule is N#Cc1ccc(-n2c3ccccc3c3ccccc32)c(-c2ccccc2-c2ccc(-n3c4ccccc4c4ccc(C#N)cc43)cc2)c1. The van der Waals surface area contributed by atoms with Crippen LogP contribution in [-0.4, -0.2) is 9.13 Å². The summed E-state index contributed by atoms with van der Waals surface area (Å²) in [5.74, 6) is 0. The Kier molecular flexibility index (Phi) is 6.22. The average Bonchev–Trinajstić information content (AvgIpc) is 3.67. The van der Waals surface area contributed by atoms with Crippen LogP contribution in [0.4, 0.5) is 0 Å². The molecule has 0 unspecified atom stereocenters. The van der Waals surface area contributed by atoms with E-state index < -0.39 is 0 Å². The second-order valence-electron chi connectivity index (χ2n) is 12.0. The molecule has 0 bridgehead atoms. The molecular formula is C44H26N4. The van der Waals surface area contributed by atoms with E-state index in [4.69, 9.17) is 0 Å². The molecule has 0 N–H and O–H groups in total. The third kappa shape index (κ3) is 4.14. The van der Waals surface area contributed by atoms with Crippen molar-refractivity contribution in [1.29, 1.82) is 10.5 Å². The molecule has 2 aromatic heterocycles. The Balaban J connectivity index is 1.23. The molecule has 0 spiro atoms. The van der Waals surface area contributed by atoms with Crippen molar-refractivity contribution in [3.05, 3.63) is 169 Å². The van der Waals surface area contributed by atoms with Gasteiger partial charge < -0.3 is 9.13 Å². The fourth-order valence-electron chi connectivity index (χ4n) is 7.28. The fourth-order valence-corrected chi connectivity index (χ4v) is 7.28. The van der Waals surface area contributed by atoms with E-state index in [2.05, 4.69) is 149 Å². The lowest BCUT2D eigenvalue weighted by atomic mass is 9.92. The molecule has 9 rings (SSSR count). The van der Waals surface area contributed by atoms with Gasteiger partial charge in [0.1, 0.15) is 0 Å². The van der Waals surface area contributed by atoms with E-state index >= 15 is 0 Å². The number of fused-ring (bicyclic) bond motifs is 6.